The Bertz CT molecular complexity index is 510. The fraction of sp³-hybridized carbons (Fsp3) is 0.308. The summed E-state index contributed by atoms with van der Waals surface area (Å²) >= 11 is 5.19. The van der Waals surface area contributed by atoms with Gasteiger partial charge >= 0.3 is 0 Å². The smallest absolute Gasteiger partial charge is 0.228 e. The van der Waals surface area contributed by atoms with E-state index in [2.05, 4.69) is 40.0 Å². The average Bonchev–Trinajstić information content (AvgIpc) is 2.73. The molecule has 0 N–H and O–H groups in total. The first-order valence-electron chi connectivity index (χ1n) is 5.54. The number of aryl methyl sites for hydroxylation is 1. The third-order valence-electron chi connectivity index (χ3n) is 2.40. The molecule has 0 unspecified atom stereocenters. The van der Waals surface area contributed by atoms with Crippen LogP contribution in [0.25, 0.3) is 10.6 Å². The lowest BCUT2D eigenvalue weighted by atomic mass is 10.2. The van der Waals surface area contributed by atoms with Gasteiger partial charge in [-0.15, -0.1) is 11.3 Å². The Kier molecular flexibility index (Phi) is 4.18. The van der Waals surface area contributed by atoms with Gasteiger partial charge in [-0.1, -0.05) is 41.4 Å². The van der Waals surface area contributed by atoms with Gasteiger partial charge in [-0.05, 0) is 18.6 Å². The van der Waals surface area contributed by atoms with E-state index >= 15 is 0 Å². The zero-order chi connectivity index (χ0) is 12.3. The molecule has 0 fully saturated rings. The summed E-state index contributed by atoms with van der Waals surface area (Å²) in [5.74, 6) is 0.770. The van der Waals surface area contributed by atoms with Gasteiger partial charge in [0.15, 0.2) is 0 Å². The minimum Gasteiger partial charge on any atom is -0.480 e. The van der Waals surface area contributed by atoms with Gasteiger partial charge in [0.05, 0.1) is 12.0 Å². The first-order chi connectivity index (χ1) is 8.24. The van der Waals surface area contributed by atoms with Crippen LogP contribution in [0, 0.1) is 0 Å². The van der Waals surface area contributed by atoms with Crippen molar-refractivity contribution in [2.75, 3.05) is 7.11 Å². The number of thiazole rings is 1. The molecule has 0 spiro atoms. The molecule has 0 saturated carbocycles. The van der Waals surface area contributed by atoms with Crippen molar-refractivity contribution in [3.05, 3.63) is 33.6 Å². The number of hydrogen-bond acceptors (Lipinski definition) is 3. The lowest BCUT2D eigenvalue weighted by Crippen LogP contribution is -1.87. The summed E-state index contributed by atoms with van der Waals surface area (Å²) in [7, 11) is 1.68. The van der Waals surface area contributed by atoms with E-state index in [1.54, 1.807) is 18.4 Å². The molecule has 4 heteroatoms. The predicted molar refractivity (Wildman–Crippen MR) is 75.8 cm³/mol. The van der Waals surface area contributed by atoms with Gasteiger partial charge in [-0.3, -0.25) is 0 Å². The average molecular weight is 312 g/mol. The summed E-state index contributed by atoms with van der Waals surface area (Å²) < 4.78 is 6.39. The molecule has 17 heavy (non-hydrogen) atoms. The Labute approximate surface area is 114 Å². The second-order valence-electron chi connectivity index (χ2n) is 3.71. The third kappa shape index (κ3) is 2.87. The summed E-state index contributed by atoms with van der Waals surface area (Å²) in [6.07, 6.45) is 2.13. The van der Waals surface area contributed by atoms with Crippen molar-refractivity contribution in [2.24, 2.45) is 0 Å². The molecule has 2 rings (SSSR count). The van der Waals surface area contributed by atoms with E-state index in [-0.39, 0.29) is 0 Å². The third-order valence-corrected chi connectivity index (χ3v) is 4.04. The summed E-state index contributed by atoms with van der Waals surface area (Å²) in [5.41, 5.74) is 1.13. The molecule has 0 radical (unpaired) electrons. The van der Waals surface area contributed by atoms with Crippen molar-refractivity contribution < 1.29 is 4.74 Å². The van der Waals surface area contributed by atoms with Crippen LogP contribution in [-0.4, -0.2) is 12.1 Å². The predicted octanol–water partition coefficient (Wildman–Crippen LogP) is 4.53. The van der Waals surface area contributed by atoms with E-state index in [4.69, 9.17) is 4.74 Å². The van der Waals surface area contributed by atoms with Crippen LogP contribution >= 0.6 is 27.3 Å². The number of nitrogens with zero attached hydrogens (tertiary/aromatic N) is 1. The van der Waals surface area contributed by atoms with Gasteiger partial charge < -0.3 is 4.74 Å². The first-order valence-corrected chi connectivity index (χ1v) is 7.15. The number of halogens is 1. The molecule has 1 aromatic carbocycles. The summed E-state index contributed by atoms with van der Waals surface area (Å²) in [5, 5.41) is 1.02. The van der Waals surface area contributed by atoms with E-state index in [9.17, 15) is 0 Å². The van der Waals surface area contributed by atoms with E-state index in [0.717, 1.165) is 33.8 Å². The Morgan fingerprint density at radius 2 is 2.24 bits per heavy atom. The van der Waals surface area contributed by atoms with E-state index in [1.165, 1.54) is 4.88 Å². The second kappa shape index (κ2) is 5.65. The van der Waals surface area contributed by atoms with Gasteiger partial charge in [0.2, 0.25) is 5.88 Å². The van der Waals surface area contributed by atoms with Gasteiger partial charge in [0, 0.05) is 10.0 Å². The zero-order valence-electron chi connectivity index (χ0n) is 9.87. The first kappa shape index (κ1) is 12.6. The van der Waals surface area contributed by atoms with Crippen LogP contribution in [0.4, 0.5) is 0 Å². The van der Waals surface area contributed by atoms with Crippen LogP contribution in [-0.2, 0) is 6.42 Å². The maximum absolute atomic E-state index is 5.32. The van der Waals surface area contributed by atoms with Gasteiger partial charge in [-0.2, -0.15) is 0 Å². The van der Waals surface area contributed by atoms with Crippen LogP contribution in [0.3, 0.4) is 0 Å². The Morgan fingerprint density at radius 1 is 1.41 bits per heavy atom. The lowest BCUT2D eigenvalue weighted by molar-refractivity contribution is 0.396. The molecule has 2 aromatic rings. The van der Waals surface area contributed by atoms with E-state index in [0.29, 0.717) is 0 Å². The summed E-state index contributed by atoms with van der Waals surface area (Å²) in [6, 6.07) is 8.18. The minimum absolute atomic E-state index is 0.770. The van der Waals surface area contributed by atoms with Crippen molar-refractivity contribution in [2.45, 2.75) is 19.8 Å². The molecule has 0 bridgehead atoms. The topological polar surface area (TPSA) is 22.1 Å². The van der Waals surface area contributed by atoms with Crippen LogP contribution in [0.15, 0.2) is 28.7 Å². The van der Waals surface area contributed by atoms with E-state index < -0.39 is 0 Å². The van der Waals surface area contributed by atoms with Gasteiger partial charge in [-0.25, -0.2) is 4.98 Å². The number of ether oxygens (including phenoxy) is 1. The summed E-state index contributed by atoms with van der Waals surface area (Å²) in [4.78, 5) is 5.76. The maximum Gasteiger partial charge on any atom is 0.228 e. The van der Waals surface area contributed by atoms with Crippen LogP contribution in [0.1, 0.15) is 18.2 Å². The molecular weight excluding hydrogens is 298 g/mol. The highest BCUT2D eigenvalue weighted by atomic mass is 79.9. The Balaban J connectivity index is 2.39. The standard InChI is InChI=1S/C13H14BrNOS/c1-3-5-11-12(16-2)15-13(17-11)9-6-4-7-10(14)8-9/h4,6-8H,3,5H2,1-2H3. The molecule has 0 aliphatic carbocycles. The second-order valence-corrected chi connectivity index (χ2v) is 5.71. The number of rotatable bonds is 4. The van der Waals surface area contributed by atoms with Crippen molar-refractivity contribution in [3.63, 3.8) is 0 Å². The van der Waals surface area contributed by atoms with Crippen molar-refractivity contribution in [1.29, 1.82) is 0 Å². The molecular formula is C13H14BrNOS. The molecule has 0 saturated heterocycles. The van der Waals surface area contributed by atoms with E-state index in [1.807, 2.05) is 12.1 Å². The highest BCUT2D eigenvalue weighted by molar-refractivity contribution is 9.10. The van der Waals surface area contributed by atoms with Gasteiger partial charge in [0.25, 0.3) is 0 Å². The molecule has 90 valence electrons. The highest BCUT2D eigenvalue weighted by Crippen LogP contribution is 2.34. The van der Waals surface area contributed by atoms with Crippen molar-refractivity contribution in [1.82, 2.24) is 4.98 Å². The molecule has 1 aromatic heterocycles. The summed E-state index contributed by atoms with van der Waals surface area (Å²) in [6.45, 7) is 2.16. The molecule has 0 aliphatic rings. The lowest BCUT2D eigenvalue weighted by Gasteiger charge is -1.96. The van der Waals surface area contributed by atoms with Crippen LogP contribution in [0.2, 0.25) is 0 Å². The molecule has 1 heterocycles. The largest absolute Gasteiger partial charge is 0.480 e. The molecule has 0 aliphatic heterocycles. The van der Waals surface area contributed by atoms with Crippen LogP contribution in [0.5, 0.6) is 5.88 Å². The number of aromatic nitrogens is 1. The molecule has 0 amide bonds. The Morgan fingerprint density at radius 3 is 2.88 bits per heavy atom. The Hall–Kier alpha value is -0.870. The quantitative estimate of drug-likeness (QED) is 0.827. The normalized spacial score (nSPS) is 10.5. The van der Waals surface area contributed by atoms with Crippen LogP contribution < -0.4 is 4.74 Å². The van der Waals surface area contributed by atoms with Gasteiger partial charge in [0.1, 0.15) is 5.01 Å². The number of hydrogen-bond donors (Lipinski definition) is 0. The minimum atomic E-state index is 0.770. The molecule has 2 nitrogen and oxygen atoms in total. The highest BCUT2D eigenvalue weighted by Gasteiger charge is 2.12. The zero-order valence-corrected chi connectivity index (χ0v) is 12.3. The number of benzene rings is 1. The van der Waals surface area contributed by atoms with Crippen molar-refractivity contribution in [3.8, 4) is 16.5 Å². The number of methoxy groups -OCH3 is 1. The fourth-order valence-corrected chi connectivity index (χ4v) is 3.16. The maximum atomic E-state index is 5.32. The SMILES string of the molecule is CCCc1sc(-c2cccc(Br)c2)nc1OC. The van der Waals surface area contributed by atoms with Crippen molar-refractivity contribution >= 4 is 27.3 Å². The molecule has 0 atom stereocenters. The fourth-order valence-electron chi connectivity index (χ4n) is 1.63. The monoisotopic (exact) mass is 311 g/mol.